The van der Waals surface area contributed by atoms with Gasteiger partial charge in [-0.25, -0.2) is 0 Å². The van der Waals surface area contributed by atoms with Crippen LogP contribution in [0, 0.1) is 11.3 Å². The number of carbonyl (C=O) groups excluding carboxylic acids is 2. The van der Waals surface area contributed by atoms with Crippen molar-refractivity contribution in [1.82, 2.24) is 10.3 Å². The minimum absolute atomic E-state index is 0.0670. The average Bonchev–Trinajstić information content (AvgIpc) is 3.48. The highest BCUT2D eigenvalue weighted by atomic mass is 16.2. The fourth-order valence-corrected chi connectivity index (χ4v) is 3.30. The van der Waals surface area contributed by atoms with E-state index in [9.17, 15) is 9.59 Å². The van der Waals surface area contributed by atoms with Gasteiger partial charge in [0.1, 0.15) is 5.41 Å². The normalized spacial score (nSPS) is 18.6. The molecule has 4 heteroatoms. The molecule has 0 atom stereocenters. The molecule has 1 aromatic carbocycles. The van der Waals surface area contributed by atoms with Crippen molar-refractivity contribution in [2.45, 2.75) is 32.1 Å². The van der Waals surface area contributed by atoms with Gasteiger partial charge in [-0.2, -0.15) is 0 Å². The molecule has 4 rings (SSSR count). The summed E-state index contributed by atoms with van der Waals surface area (Å²) in [4.78, 5) is 29.1. The van der Waals surface area contributed by atoms with Gasteiger partial charge in [0.15, 0.2) is 5.78 Å². The maximum atomic E-state index is 12.4. The minimum atomic E-state index is -0.682. The lowest BCUT2D eigenvalue weighted by atomic mass is 9.96. The summed E-state index contributed by atoms with van der Waals surface area (Å²) in [6.45, 7) is 0.550. The number of amides is 1. The number of aromatic nitrogens is 1. The number of nitrogens with one attached hydrogen (secondary N) is 1. The van der Waals surface area contributed by atoms with Gasteiger partial charge in [0, 0.05) is 24.0 Å². The van der Waals surface area contributed by atoms with Crippen molar-refractivity contribution in [3.8, 4) is 0 Å². The van der Waals surface area contributed by atoms with Gasteiger partial charge in [-0.3, -0.25) is 14.6 Å². The third-order valence-electron chi connectivity index (χ3n) is 5.00. The Hall–Kier alpha value is -2.23. The standard InChI is InChI=1S/C19H20N2O2/c22-17(15-6-7-15)19(9-10-19)18(23)21-12-8-14-4-1-3-13-5-2-11-20-16(13)14/h1-5,11,15H,6-10,12H2,(H,21,23). The Morgan fingerprint density at radius 2 is 1.96 bits per heavy atom. The highest BCUT2D eigenvalue weighted by Gasteiger charge is 2.59. The minimum Gasteiger partial charge on any atom is -0.355 e. The summed E-state index contributed by atoms with van der Waals surface area (Å²) in [6, 6.07) is 10.1. The third kappa shape index (κ3) is 2.62. The highest BCUT2D eigenvalue weighted by Crippen LogP contribution is 2.52. The largest absolute Gasteiger partial charge is 0.355 e. The van der Waals surface area contributed by atoms with E-state index in [-0.39, 0.29) is 17.6 Å². The molecule has 4 nitrogen and oxygen atoms in total. The van der Waals surface area contributed by atoms with Crippen LogP contribution in [0.2, 0.25) is 0 Å². The molecule has 2 aromatic rings. The second kappa shape index (κ2) is 5.44. The summed E-state index contributed by atoms with van der Waals surface area (Å²) in [5.74, 6) is 0.273. The lowest BCUT2D eigenvalue weighted by molar-refractivity contribution is -0.136. The number of Topliss-reactive ketones (excluding diaryl/α,β-unsaturated/α-hetero) is 1. The Kier molecular flexibility index (Phi) is 3.40. The molecule has 0 radical (unpaired) electrons. The lowest BCUT2D eigenvalue weighted by Crippen LogP contribution is -2.38. The zero-order valence-corrected chi connectivity index (χ0v) is 13.0. The zero-order valence-electron chi connectivity index (χ0n) is 13.0. The summed E-state index contributed by atoms with van der Waals surface area (Å²) < 4.78 is 0. The molecule has 2 aliphatic carbocycles. The van der Waals surface area contributed by atoms with Gasteiger partial charge in [-0.1, -0.05) is 24.3 Å². The molecule has 1 heterocycles. The van der Waals surface area contributed by atoms with Crippen LogP contribution in [0.15, 0.2) is 36.5 Å². The van der Waals surface area contributed by atoms with Crippen molar-refractivity contribution in [2.75, 3.05) is 6.54 Å². The first-order valence-electron chi connectivity index (χ1n) is 8.36. The molecule has 118 valence electrons. The topological polar surface area (TPSA) is 59.1 Å². The van der Waals surface area contributed by atoms with E-state index in [4.69, 9.17) is 0 Å². The lowest BCUT2D eigenvalue weighted by Gasteiger charge is -2.14. The molecule has 0 bridgehead atoms. The second-order valence-corrected chi connectivity index (χ2v) is 6.72. The maximum absolute atomic E-state index is 12.4. The fourth-order valence-electron chi connectivity index (χ4n) is 3.30. The Bertz CT molecular complexity index is 771. The number of fused-ring (bicyclic) bond motifs is 1. The summed E-state index contributed by atoms with van der Waals surface area (Å²) in [7, 11) is 0. The van der Waals surface area contributed by atoms with Crippen molar-refractivity contribution in [2.24, 2.45) is 11.3 Å². The third-order valence-corrected chi connectivity index (χ3v) is 5.00. The molecule has 0 saturated heterocycles. The van der Waals surface area contributed by atoms with E-state index in [2.05, 4.69) is 10.3 Å². The Labute approximate surface area is 135 Å². The van der Waals surface area contributed by atoms with Crippen LogP contribution < -0.4 is 5.32 Å². The number of hydrogen-bond donors (Lipinski definition) is 1. The maximum Gasteiger partial charge on any atom is 0.233 e. The van der Waals surface area contributed by atoms with Crippen LogP contribution in [-0.2, 0) is 16.0 Å². The molecule has 23 heavy (non-hydrogen) atoms. The number of nitrogens with zero attached hydrogens (tertiary/aromatic N) is 1. The zero-order chi connectivity index (χ0) is 15.9. The number of benzene rings is 1. The van der Waals surface area contributed by atoms with Crippen molar-refractivity contribution >= 4 is 22.6 Å². The van der Waals surface area contributed by atoms with E-state index in [1.165, 1.54) is 0 Å². The predicted octanol–water partition coefficient (Wildman–Crippen LogP) is 2.65. The van der Waals surface area contributed by atoms with E-state index in [0.717, 1.165) is 48.6 Å². The van der Waals surface area contributed by atoms with Gasteiger partial charge in [-0.15, -0.1) is 0 Å². The number of ketones is 1. The molecule has 0 spiro atoms. The summed E-state index contributed by atoms with van der Waals surface area (Å²) in [6.07, 6.45) is 5.91. The van der Waals surface area contributed by atoms with Gasteiger partial charge in [0.05, 0.1) is 5.52 Å². The number of para-hydroxylation sites is 1. The summed E-state index contributed by atoms with van der Waals surface area (Å²) in [5, 5.41) is 4.08. The van der Waals surface area contributed by atoms with E-state index < -0.39 is 5.41 Å². The van der Waals surface area contributed by atoms with Gasteiger partial charge in [0.25, 0.3) is 0 Å². The molecule has 2 aliphatic rings. The van der Waals surface area contributed by atoms with Gasteiger partial charge < -0.3 is 5.32 Å². The first-order valence-corrected chi connectivity index (χ1v) is 8.36. The van der Waals surface area contributed by atoms with Crippen molar-refractivity contribution in [3.05, 3.63) is 42.1 Å². The molecule has 2 saturated carbocycles. The monoisotopic (exact) mass is 308 g/mol. The van der Waals surface area contributed by atoms with Crippen LogP contribution in [0.5, 0.6) is 0 Å². The van der Waals surface area contributed by atoms with Gasteiger partial charge >= 0.3 is 0 Å². The van der Waals surface area contributed by atoms with Crippen molar-refractivity contribution in [1.29, 1.82) is 0 Å². The predicted molar refractivity (Wildman–Crippen MR) is 87.9 cm³/mol. The molecule has 2 fully saturated rings. The van der Waals surface area contributed by atoms with E-state index in [0.29, 0.717) is 6.54 Å². The fraction of sp³-hybridized carbons (Fsp3) is 0.421. The van der Waals surface area contributed by atoms with E-state index >= 15 is 0 Å². The molecule has 1 amide bonds. The quantitative estimate of drug-likeness (QED) is 0.835. The Balaban J connectivity index is 1.40. The smallest absolute Gasteiger partial charge is 0.233 e. The SMILES string of the molecule is O=C(NCCc1cccc2cccnc12)C1(C(=O)C2CC2)CC1. The van der Waals surface area contributed by atoms with Crippen LogP contribution in [0.25, 0.3) is 10.9 Å². The first kappa shape index (κ1) is 14.4. The first-order chi connectivity index (χ1) is 11.2. The second-order valence-electron chi connectivity index (χ2n) is 6.72. The Morgan fingerprint density at radius 1 is 1.17 bits per heavy atom. The van der Waals surface area contributed by atoms with Crippen LogP contribution in [-0.4, -0.2) is 23.2 Å². The van der Waals surface area contributed by atoms with Crippen LogP contribution in [0.3, 0.4) is 0 Å². The summed E-state index contributed by atoms with van der Waals surface area (Å²) >= 11 is 0. The van der Waals surface area contributed by atoms with E-state index in [1.807, 2.05) is 30.3 Å². The molecular weight excluding hydrogens is 288 g/mol. The molecule has 1 aromatic heterocycles. The number of pyridine rings is 1. The molecule has 1 N–H and O–H groups in total. The van der Waals surface area contributed by atoms with Crippen molar-refractivity contribution in [3.63, 3.8) is 0 Å². The average molecular weight is 308 g/mol. The number of rotatable bonds is 6. The highest BCUT2D eigenvalue weighted by molar-refractivity contribution is 6.10. The van der Waals surface area contributed by atoms with Crippen LogP contribution in [0.4, 0.5) is 0 Å². The number of carbonyl (C=O) groups is 2. The van der Waals surface area contributed by atoms with Gasteiger partial charge in [-0.05, 0) is 43.7 Å². The molecule has 0 unspecified atom stereocenters. The van der Waals surface area contributed by atoms with Crippen molar-refractivity contribution < 1.29 is 9.59 Å². The molecule has 0 aliphatic heterocycles. The Morgan fingerprint density at radius 3 is 2.70 bits per heavy atom. The summed E-state index contributed by atoms with van der Waals surface area (Å²) in [5.41, 5.74) is 1.43. The molecular formula is C19H20N2O2. The van der Waals surface area contributed by atoms with Crippen LogP contribution >= 0.6 is 0 Å². The van der Waals surface area contributed by atoms with Gasteiger partial charge in [0.2, 0.25) is 5.91 Å². The number of hydrogen-bond acceptors (Lipinski definition) is 3. The van der Waals surface area contributed by atoms with Crippen LogP contribution in [0.1, 0.15) is 31.2 Å². The van der Waals surface area contributed by atoms with E-state index in [1.54, 1.807) is 6.20 Å².